The molecule has 0 aliphatic carbocycles. The lowest BCUT2D eigenvalue weighted by molar-refractivity contribution is 1.29. The van der Waals surface area contributed by atoms with Crippen LogP contribution in [-0.4, -0.2) is 15.0 Å². The molecule has 4 aromatic rings. The van der Waals surface area contributed by atoms with Crippen molar-refractivity contribution in [3.8, 4) is 22.5 Å². The zero-order valence-corrected chi connectivity index (χ0v) is 12.8. The van der Waals surface area contributed by atoms with Crippen LogP contribution in [0.15, 0.2) is 73.2 Å². The van der Waals surface area contributed by atoms with Gasteiger partial charge in [-0.1, -0.05) is 29.8 Å². The summed E-state index contributed by atoms with van der Waals surface area (Å²) < 4.78 is 0. The van der Waals surface area contributed by atoms with E-state index in [-0.39, 0.29) is 0 Å². The Balaban J connectivity index is 1.89. The van der Waals surface area contributed by atoms with E-state index in [0.29, 0.717) is 0 Å². The Morgan fingerprint density at radius 1 is 0.826 bits per heavy atom. The second kappa shape index (κ2) is 5.61. The van der Waals surface area contributed by atoms with Crippen molar-refractivity contribution >= 4 is 10.9 Å². The first-order valence-corrected chi connectivity index (χ1v) is 7.54. The fourth-order valence-corrected chi connectivity index (χ4v) is 2.67. The molecule has 0 bridgehead atoms. The number of fused-ring (bicyclic) bond motifs is 1. The number of aromatic nitrogens is 3. The van der Waals surface area contributed by atoms with Crippen molar-refractivity contribution in [2.75, 3.05) is 0 Å². The molecule has 0 saturated carbocycles. The summed E-state index contributed by atoms with van der Waals surface area (Å²) >= 11 is 0. The lowest BCUT2D eigenvalue weighted by Crippen LogP contribution is -1.92. The molecule has 3 aromatic heterocycles. The first-order chi connectivity index (χ1) is 11.3. The predicted molar refractivity (Wildman–Crippen MR) is 92.9 cm³/mol. The van der Waals surface area contributed by atoms with Crippen LogP contribution in [0, 0.1) is 6.92 Å². The maximum Gasteiger partial charge on any atom is 0.0795 e. The van der Waals surface area contributed by atoms with E-state index in [4.69, 9.17) is 4.98 Å². The maximum absolute atomic E-state index is 4.77. The fourth-order valence-electron chi connectivity index (χ4n) is 2.67. The van der Waals surface area contributed by atoms with Crippen molar-refractivity contribution in [2.45, 2.75) is 6.92 Å². The third kappa shape index (κ3) is 2.57. The van der Waals surface area contributed by atoms with E-state index in [1.165, 1.54) is 5.56 Å². The molecule has 0 fully saturated rings. The molecule has 4 rings (SSSR count). The Kier molecular flexibility index (Phi) is 3.31. The Bertz CT molecular complexity index is 975. The van der Waals surface area contributed by atoms with Crippen LogP contribution < -0.4 is 0 Å². The standard InChI is InChI=1S/C20H15N3/c1-14-4-6-15(7-5-14)20-17(3-2-11-22-20)19-9-8-16-13-21-12-10-18(16)23-19/h2-13H,1H3. The quantitative estimate of drug-likeness (QED) is 0.540. The van der Waals surface area contributed by atoms with Crippen LogP contribution in [0.25, 0.3) is 33.4 Å². The highest BCUT2D eigenvalue weighted by Crippen LogP contribution is 2.30. The van der Waals surface area contributed by atoms with Crippen LogP contribution in [0.2, 0.25) is 0 Å². The van der Waals surface area contributed by atoms with E-state index in [2.05, 4.69) is 53.3 Å². The van der Waals surface area contributed by atoms with Gasteiger partial charge in [0.2, 0.25) is 0 Å². The molecule has 0 radical (unpaired) electrons. The summed E-state index contributed by atoms with van der Waals surface area (Å²) in [6, 6.07) is 18.4. The molecule has 0 unspecified atom stereocenters. The third-order valence-electron chi connectivity index (χ3n) is 3.90. The summed E-state index contributed by atoms with van der Waals surface area (Å²) in [5, 5.41) is 1.04. The molecule has 3 nitrogen and oxygen atoms in total. The second-order valence-corrected chi connectivity index (χ2v) is 5.53. The molecule has 0 aliphatic rings. The number of rotatable bonds is 2. The molecule has 0 saturated heterocycles. The van der Waals surface area contributed by atoms with E-state index in [1.807, 2.05) is 30.6 Å². The third-order valence-corrected chi connectivity index (χ3v) is 3.90. The Hall–Kier alpha value is -3.07. The molecule has 3 heterocycles. The highest BCUT2D eigenvalue weighted by Gasteiger charge is 2.10. The van der Waals surface area contributed by atoms with Crippen molar-refractivity contribution < 1.29 is 0 Å². The lowest BCUT2D eigenvalue weighted by Gasteiger charge is -2.09. The number of benzene rings is 1. The monoisotopic (exact) mass is 297 g/mol. The predicted octanol–water partition coefficient (Wildman–Crippen LogP) is 4.67. The number of nitrogens with zero attached hydrogens (tertiary/aromatic N) is 3. The van der Waals surface area contributed by atoms with Gasteiger partial charge in [0.15, 0.2) is 0 Å². The average molecular weight is 297 g/mol. The number of pyridine rings is 3. The molecular weight excluding hydrogens is 282 g/mol. The summed E-state index contributed by atoms with van der Waals surface area (Å²) in [7, 11) is 0. The Morgan fingerprint density at radius 2 is 1.70 bits per heavy atom. The van der Waals surface area contributed by atoms with Crippen molar-refractivity contribution in [3.05, 3.63) is 78.8 Å². The Morgan fingerprint density at radius 3 is 2.57 bits per heavy atom. The molecule has 0 amide bonds. The van der Waals surface area contributed by atoms with E-state index in [1.54, 1.807) is 6.20 Å². The van der Waals surface area contributed by atoms with Gasteiger partial charge in [-0.3, -0.25) is 9.97 Å². The molecule has 0 N–H and O–H groups in total. The van der Waals surface area contributed by atoms with Crippen LogP contribution >= 0.6 is 0 Å². The van der Waals surface area contributed by atoms with Gasteiger partial charge in [-0.2, -0.15) is 0 Å². The van der Waals surface area contributed by atoms with Crippen molar-refractivity contribution in [2.24, 2.45) is 0 Å². The molecule has 0 aliphatic heterocycles. The van der Waals surface area contributed by atoms with Gasteiger partial charge in [-0.25, -0.2) is 4.98 Å². The van der Waals surface area contributed by atoms with Gasteiger partial charge in [0.1, 0.15) is 0 Å². The van der Waals surface area contributed by atoms with E-state index in [9.17, 15) is 0 Å². The summed E-state index contributed by atoms with van der Waals surface area (Å²) in [5.74, 6) is 0. The zero-order valence-electron chi connectivity index (χ0n) is 12.8. The molecule has 110 valence electrons. The normalized spacial score (nSPS) is 10.8. The van der Waals surface area contributed by atoms with Gasteiger partial charge in [0.25, 0.3) is 0 Å². The average Bonchev–Trinajstić information content (AvgIpc) is 2.62. The van der Waals surface area contributed by atoms with Gasteiger partial charge in [-0.05, 0) is 37.3 Å². The highest BCUT2D eigenvalue weighted by atomic mass is 14.7. The SMILES string of the molecule is Cc1ccc(-c2ncccc2-c2ccc3cnccc3n2)cc1. The van der Waals surface area contributed by atoms with Crippen molar-refractivity contribution in [3.63, 3.8) is 0 Å². The summed E-state index contributed by atoms with van der Waals surface area (Å²) in [6.45, 7) is 2.09. The topological polar surface area (TPSA) is 38.7 Å². The van der Waals surface area contributed by atoms with E-state index in [0.717, 1.165) is 33.4 Å². The molecule has 0 atom stereocenters. The van der Waals surface area contributed by atoms with Gasteiger partial charge in [0.05, 0.1) is 16.9 Å². The number of aryl methyl sites for hydroxylation is 1. The van der Waals surface area contributed by atoms with Crippen LogP contribution in [-0.2, 0) is 0 Å². The van der Waals surface area contributed by atoms with Crippen LogP contribution in [0.5, 0.6) is 0 Å². The van der Waals surface area contributed by atoms with Gasteiger partial charge >= 0.3 is 0 Å². The van der Waals surface area contributed by atoms with Crippen molar-refractivity contribution in [1.29, 1.82) is 0 Å². The highest BCUT2D eigenvalue weighted by molar-refractivity contribution is 5.84. The minimum atomic E-state index is 0.923. The van der Waals surface area contributed by atoms with Crippen LogP contribution in [0.4, 0.5) is 0 Å². The maximum atomic E-state index is 4.77. The van der Waals surface area contributed by atoms with Gasteiger partial charge in [0, 0.05) is 35.1 Å². The summed E-state index contributed by atoms with van der Waals surface area (Å²) in [5.41, 5.74) is 6.19. The minimum absolute atomic E-state index is 0.923. The lowest BCUT2D eigenvalue weighted by atomic mass is 10.0. The van der Waals surface area contributed by atoms with Crippen LogP contribution in [0.3, 0.4) is 0 Å². The zero-order chi connectivity index (χ0) is 15.6. The van der Waals surface area contributed by atoms with E-state index >= 15 is 0 Å². The smallest absolute Gasteiger partial charge is 0.0795 e. The number of hydrogen-bond donors (Lipinski definition) is 0. The van der Waals surface area contributed by atoms with Gasteiger partial charge < -0.3 is 0 Å². The van der Waals surface area contributed by atoms with Gasteiger partial charge in [-0.15, -0.1) is 0 Å². The molecule has 23 heavy (non-hydrogen) atoms. The first-order valence-electron chi connectivity index (χ1n) is 7.54. The molecule has 0 spiro atoms. The number of hydrogen-bond acceptors (Lipinski definition) is 3. The fraction of sp³-hybridized carbons (Fsp3) is 0.0500. The van der Waals surface area contributed by atoms with E-state index < -0.39 is 0 Å². The van der Waals surface area contributed by atoms with Crippen molar-refractivity contribution in [1.82, 2.24) is 15.0 Å². The molecule has 3 heteroatoms. The molecule has 1 aromatic carbocycles. The second-order valence-electron chi connectivity index (χ2n) is 5.53. The Labute approximate surface area is 134 Å². The molecular formula is C20H15N3. The minimum Gasteiger partial charge on any atom is -0.264 e. The van der Waals surface area contributed by atoms with Crippen LogP contribution in [0.1, 0.15) is 5.56 Å². The summed E-state index contributed by atoms with van der Waals surface area (Å²) in [4.78, 5) is 13.5. The largest absolute Gasteiger partial charge is 0.264 e. The first kappa shape index (κ1) is 13.6. The summed E-state index contributed by atoms with van der Waals surface area (Å²) in [6.07, 6.45) is 5.42.